The van der Waals surface area contributed by atoms with Crippen molar-refractivity contribution in [2.24, 2.45) is 28.6 Å². The van der Waals surface area contributed by atoms with Crippen molar-refractivity contribution in [1.29, 1.82) is 0 Å². The number of aromatic nitrogens is 4. The molecule has 5 aliphatic rings. The highest BCUT2D eigenvalue weighted by Gasteiger charge is 2.55. The molecule has 149 heavy (non-hydrogen) atoms. The number of hydrogen-bond acceptors (Lipinski definition) is 34. The number of carbonyl (C=O) groups excluding carboxylic acids is 7. The van der Waals surface area contributed by atoms with Gasteiger partial charge in [0.05, 0.1) is 185 Å². The fourth-order valence-corrected chi connectivity index (χ4v) is 21.6. The molecule has 2 aliphatic carbocycles. The molecule has 3 unspecified atom stereocenters. The van der Waals surface area contributed by atoms with Crippen LogP contribution in [0.3, 0.4) is 0 Å². The largest absolute Gasteiger partial charge is 0.491 e. The molecule has 0 radical (unpaired) electrons. The van der Waals surface area contributed by atoms with Crippen molar-refractivity contribution in [3.63, 3.8) is 0 Å². The average molecular weight is 2120 g/mol. The van der Waals surface area contributed by atoms with Gasteiger partial charge in [0.15, 0.2) is 28.5 Å². The molecular formula is C106H143N9O32S2. The van der Waals surface area contributed by atoms with Gasteiger partial charge in [-0.3, -0.25) is 48.2 Å². The maximum Gasteiger partial charge on any atom is 0.410 e. The maximum absolute atomic E-state index is 14.6. The molecule has 41 nitrogen and oxygen atoms in total. The average Bonchev–Trinajstić information content (AvgIpc) is 0.766. The number of aromatic carboxylic acids is 1. The van der Waals surface area contributed by atoms with Crippen molar-refractivity contribution < 1.29 is 153 Å². The number of carboxylic acids is 2. The normalized spacial score (nSPS) is 20.2. The smallest absolute Gasteiger partial charge is 0.410 e. The molecule has 5 amide bonds. The minimum Gasteiger partial charge on any atom is -0.491 e. The number of para-hydroxylation sites is 1. The van der Waals surface area contributed by atoms with Crippen LogP contribution in [0.1, 0.15) is 146 Å². The summed E-state index contributed by atoms with van der Waals surface area (Å²) in [5.41, 5.74) is 4.96. The first-order valence-corrected chi connectivity index (χ1v) is 53.1. The molecule has 12 rings (SSSR count). The van der Waals surface area contributed by atoms with Crippen LogP contribution >= 0.6 is 11.3 Å². The van der Waals surface area contributed by atoms with E-state index >= 15 is 0 Å². The number of imide groups is 1. The van der Waals surface area contributed by atoms with E-state index in [0.717, 1.165) is 56.1 Å². The van der Waals surface area contributed by atoms with Crippen molar-refractivity contribution in [2.75, 3.05) is 195 Å². The summed E-state index contributed by atoms with van der Waals surface area (Å²) in [6.07, 6.45) is -3.30. The number of amides is 5. The molecule has 3 aliphatic heterocycles. The van der Waals surface area contributed by atoms with Crippen LogP contribution < -0.4 is 20.3 Å². The zero-order valence-electron chi connectivity index (χ0n) is 86.0. The van der Waals surface area contributed by atoms with Crippen LogP contribution in [0, 0.1) is 35.5 Å². The van der Waals surface area contributed by atoms with Crippen molar-refractivity contribution in [1.82, 2.24) is 34.9 Å². The number of ketones is 2. The zero-order chi connectivity index (χ0) is 107. The summed E-state index contributed by atoms with van der Waals surface area (Å²) in [5, 5.41) is 64.3. The summed E-state index contributed by atoms with van der Waals surface area (Å²) >= 11 is 1.38. The van der Waals surface area contributed by atoms with E-state index in [1.807, 2.05) is 52.9 Å². The molecule has 1 saturated heterocycles. The number of hydrogen-bond donors (Lipinski definition) is 8. The molecule has 7 aromatic rings. The number of aliphatic hydroxyl groups excluding tert-OH is 3. The first-order valence-electron chi connectivity index (χ1n) is 50.7. The van der Waals surface area contributed by atoms with Gasteiger partial charge in [0, 0.05) is 99.6 Å². The molecule has 816 valence electrons. The Hall–Kier alpha value is -10.6. The first-order chi connectivity index (χ1) is 71.5. The lowest BCUT2D eigenvalue weighted by atomic mass is 9.51. The molecule has 4 aromatic carbocycles. The second kappa shape index (κ2) is 57.2. The highest BCUT2D eigenvalue weighted by Crippen LogP contribution is 2.60. The van der Waals surface area contributed by atoms with Crippen LogP contribution in [-0.2, 0) is 151 Å². The number of rotatable bonds is 66. The van der Waals surface area contributed by atoms with Gasteiger partial charge in [-0.15, -0.1) is 0 Å². The number of carbonyl (C=O) groups is 9. The van der Waals surface area contributed by atoms with E-state index in [-0.39, 0.29) is 80.4 Å². The highest BCUT2D eigenvalue weighted by molar-refractivity contribution is 7.85. The second-order valence-electron chi connectivity index (χ2n) is 39.5. The van der Waals surface area contributed by atoms with Crippen molar-refractivity contribution in [3.8, 4) is 16.9 Å². The molecule has 2 bridgehead atoms. The highest BCUT2D eigenvalue weighted by atomic mass is 32.2. The number of carboxylic acid groups (broad SMARTS) is 2. The molecule has 43 heteroatoms. The van der Waals surface area contributed by atoms with Crippen molar-refractivity contribution in [3.05, 3.63) is 166 Å². The number of pyridine rings is 1. The molecule has 2 saturated carbocycles. The number of thiazole rings is 1. The number of Topliss-reactive ketones (excluding diaryl/α,β-unsaturated/α-hetero) is 2. The Kier molecular flexibility index (Phi) is 44.9. The Morgan fingerprint density at radius 1 is 0.644 bits per heavy atom. The van der Waals surface area contributed by atoms with E-state index in [1.54, 1.807) is 87.8 Å². The van der Waals surface area contributed by atoms with Gasteiger partial charge in [-0.2, -0.15) is 13.5 Å². The predicted octanol–water partition coefficient (Wildman–Crippen LogP) is 8.73. The SMILES string of the molecule is COCCOCCOCCOCCOCCOCCOCCOCCOCCOCCOCCOc1ccc(C[C@@H](C(=O)C[C@H](C(=O)N[C@@H](C)C(=O)Cc2ccc(COC(=O)N(CCOC34CC(Cn5ncc(-c6ccc(N7CCc8cccc(C(=O)Nc9nc%10ccccc%10s9)c8C7)nc6C(=O)O)c5C)CC(C)(CC(C)(C)C3)C4)CCS(=O)(=O)O)c(CC[C@@H]3O[C@H](C(=O)O)[C@@H](O)[C@H](O)[C@H]3O)c2)C(C)C)N2C(=O)C=CC2=O)cc1. The van der Waals surface area contributed by atoms with Crippen LogP contribution in [0.25, 0.3) is 21.3 Å². The minimum absolute atomic E-state index is 0.0245. The van der Waals surface area contributed by atoms with E-state index in [9.17, 15) is 81.7 Å². The van der Waals surface area contributed by atoms with Gasteiger partial charge < -0.3 is 112 Å². The van der Waals surface area contributed by atoms with Crippen molar-refractivity contribution >= 4 is 95.8 Å². The summed E-state index contributed by atoms with van der Waals surface area (Å²) in [5.74, 6) is -7.89. The monoisotopic (exact) mass is 2120 g/mol. The maximum atomic E-state index is 14.6. The number of methoxy groups -OCH3 is 1. The summed E-state index contributed by atoms with van der Waals surface area (Å²) < 4.78 is 123. The van der Waals surface area contributed by atoms with E-state index in [4.69, 9.17) is 81.1 Å². The van der Waals surface area contributed by atoms with Crippen molar-refractivity contribution in [2.45, 2.75) is 187 Å². The number of aliphatic hydroxyl groups is 3. The Morgan fingerprint density at radius 2 is 1.25 bits per heavy atom. The molecule has 0 spiro atoms. The third-order valence-electron chi connectivity index (χ3n) is 27.0. The molecule has 3 fully saturated rings. The molecule has 3 aromatic heterocycles. The van der Waals surface area contributed by atoms with Gasteiger partial charge in [0.2, 0.25) is 5.91 Å². The number of aliphatic carboxylic acids is 1. The van der Waals surface area contributed by atoms with E-state index in [1.165, 1.54) is 18.3 Å². The number of ether oxygens (including phenoxy) is 15. The zero-order valence-corrected chi connectivity index (χ0v) is 87.6. The Balaban J connectivity index is 0.601. The molecular weight excluding hydrogens is 1980 g/mol. The predicted molar refractivity (Wildman–Crippen MR) is 545 cm³/mol. The van der Waals surface area contributed by atoms with Crippen LogP contribution in [-0.4, -0.2) is 354 Å². The Morgan fingerprint density at radius 3 is 1.84 bits per heavy atom. The van der Waals surface area contributed by atoms with Gasteiger partial charge in [0.25, 0.3) is 27.8 Å². The van der Waals surface area contributed by atoms with E-state index < -0.39 is 143 Å². The minimum atomic E-state index is -4.67. The number of nitrogens with one attached hydrogen (secondary N) is 2. The van der Waals surface area contributed by atoms with E-state index in [0.29, 0.717) is 239 Å². The van der Waals surface area contributed by atoms with Gasteiger partial charge in [-0.25, -0.2) is 24.4 Å². The van der Waals surface area contributed by atoms with Crippen LogP contribution in [0.15, 0.2) is 115 Å². The van der Waals surface area contributed by atoms with Gasteiger partial charge in [-0.1, -0.05) is 101 Å². The summed E-state index contributed by atoms with van der Waals surface area (Å²) in [4.78, 5) is 137. The Labute approximate surface area is 871 Å². The fraction of sp³-hybridized carbons (Fsp3) is 0.585. The number of benzene rings is 4. The summed E-state index contributed by atoms with van der Waals surface area (Å²) in [6.45, 7) is 22.5. The summed E-state index contributed by atoms with van der Waals surface area (Å²) in [6, 6.07) is 25.7. The molecule has 11 atom stereocenters. The lowest BCUT2D eigenvalue weighted by Gasteiger charge is -2.58. The number of anilines is 2. The number of fused-ring (bicyclic) bond motifs is 4. The topological polar surface area (TPSA) is 525 Å². The van der Waals surface area contributed by atoms with Gasteiger partial charge in [0.1, 0.15) is 49.1 Å². The molecule has 8 N–H and O–H groups in total. The summed E-state index contributed by atoms with van der Waals surface area (Å²) in [7, 11) is -3.04. The quantitative estimate of drug-likeness (QED) is 0.0100. The van der Waals surface area contributed by atoms with Gasteiger partial charge >= 0.3 is 18.0 Å². The first kappa shape index (κ1) is 117. The second-order valence-corrected chi connectivity index (χ2v) is 42.1. The Bertz CT molecular complexity index is 5690. The lowest BCUT2D eigenvalue weighted by Crippen LogP contribution is -2.59. The standard InChI is InChI=1S/C106H143N9O32S2/c1-69(2)81(59-87(117)85(115-91(118)26-27-92(115)119)57-72-17-21-78(22-18-72)144-54-53-143-52-51-142-50-49-141-48-47-140-46-45-139-44-43-138-42-41-137-40-39-136-38-37-135-36-35-134-34-33-133-8)99(124)108-70(3)86(116)58-73-16-19-77(76(56-73)20-24-88-94(120)95(121)96(122)97(147-88)101(127)128)65-145-103(129)112(31-55-149(130,131)132)30-32-146-106-61-74(60-105(7,68-106)66-104(5,6)67-106)63-114-71(4)82(62-107-114)79-23-25-90(110-93(79)100(125)126)113-29-28-75-12-11-13-80(83(75)64-113)98(123)111-102-109-84-14-9-10-15-89(84)148-102/h9-19,21-23,25-27,56,62,69-70,74,81,85,88,94-97,120-122H,20,24,28-55,57-61,63-68H2,1-8H3,(H,108,124)(H,125,126)(H,127,128)(H,109,111,123)(H,130,131,132)/t70-,74?,81-,85-,88-,94-,95+,96-,97-,105?,106?/m0/s1. The van der Waals surface area contributed by atoms with Crippen LogP contribution in [0.4, 0.5) is 15.7 Å². The van der Waals surface area contributed by atoms with Crippen LogP contribution in [0.2, 0.25) is 0 Å². The fourth-order valence-electron chi connectivity index (χ4n) is 20.3. The lowest BCUT2D eigenvalue weighted by molar-refractivity contribution is -0.228. The van der Waals surface area contributed by atoms with Gasteiger partial charge in [-0.05, 0) is 164 Å². The number of nitrogens with zero attached hydrogens (tertiary/aromatic N) is 7. The van der Waals surface area contributed by atoms with Crippen LogP contribution in [0.5, 0.6) is 5.75 Å². The van der Waals surface area contributed by atoms with E-state index in [2.05, 4.69) is 36.4 Å². The molecule has 6 heterocycles. The third-order valence-corrected chi connectivity index (χ3v) is 28.7. The third kappa shape index (κ3) is 35.2. The number of aryl methyl sites for hydroxylation is 1.